The molecule has 0 spiro atoms. The SMILES string of the molecule is Cc1onc(C(F)(F)F)c1C(=O)N(C)Cc1csc(NC(=O)NCc2ccc(Cl)c(Cl)c2)n1. The van der Waals surface area contributed by atoms with Crippen molar-refractivity contribution in [1.82, 2.24) is 20.4 Å². The Hall–Kier alpha value is -2.83. The summed E-state index contributed by atoms with van der Waals surface area (Å²) in [6, 6.07) is 4.42. The second-order valence-electron chi connectivity index (χ2n) is 6.82. The fourth-order valence-corrected chi connectivity index (χ4v) is 3.75. The smallest absolute Gasteiger partial charge is 0.360 e. The number of thiazole rings is 1. The molecule has 0 unspecified atom stereocenters. The third-order valence-corrected chi connectivity index (χ3v) is 5.85. The summed E-state index contributed by atoms with van der Waals surface area (Å²) >= 11 is 12.9. The molecule has 3 aromatic rings. The van der Waals surface area contributed by atoms with Crippen molar-refractivity contribution in [2.45, 2.75) is 26.2 Å². The largest absolute Gasteiger partial charge is 0.437 e. The highest BCUT2D eigenvalue weighted by atomic mass is 35.5. The molecule has 1 aromatic carbocycles. The molecule has 0 saturated carbocycles. The molecule has 33 heavy (non-hydrogen) atoms. The Morgan fingerprint density at radius 2 is 1.97 bits per heavy atom. The summed E-state index contributed by atoms with van der Waals surface area (Å²) in [5.74, 6) is -1.15. The summed E-state index contributed by atoms with van der Waals surface area (Å²) < 4.78 is 43.8. The average molecular weight is 522 g/mol. The minimum atomic E-state index is -4.83. The van der Waals surface area contributed by atoms with E-state index in [0.717, 1.165) is 21.8 Å². The van der Waals surface area contributed by atoms with Crippen LogP contribution >= 0.6 is 34.5 Å². The van der Waals surface area contributed by atoms with Crippen molar-refractivity contribution in [3.05, 3.63) is 61.9 Å². The first-order valence-electron chi connectivity index (χ1n) is 9.17. The molecule has 0 saturated heterocycles. The Bertz CT molecular complexity index is 1180. The number of urea groups is 1. The van der Waals surface area contributed by atoms with E-state index in [1.165, 1.54) is 14.0 Å². The first kappa shape index (κ1) is 24.8. The highest BCUT2D eigenvalue weighted by Gasteiger charge is 2.41. The zero-order valence-corrected chi connectivity index (χ0v) is 19.4. The monoisotopic (exact) mass is 521 g/mol. The molecule has 0 bridgehead atoms. The number of alkyl halides is 3. The van der Waals surface area contributed by atoms with Crippen LogP contribution in [-0.4, -0.2) is 34.0 Å². The van der Waals surface area contributed by atoms with Gasteiger partial charge in [-0.05, 0) is 24.6 Å². The number of amides is 3. The molecular weight excluding hydrogens is 506 g/mol. The lowest BCUT2D eigenvalue weighted by Crippen LogP contribution is -2.29. The Labute approximate surface area is 199 Å². The van der Waals surface area contributed by atoms with Crippen LogP contribution in [0.5, 0.6) is 0 Å². The Balaban J connectivity index is 1.58. The van der Waals surface area contributed by atoms with Gasteiger partial charge in [0.2, 0.25) is 0 Å². The standard InChI is InChI=1S/C19H16Cl2F3N5O3S/c1-9-14(15(28-32-9)19(22,23)24)16(30)29(2)7-11-8-33-18(26-11)27-17(31)25-6-10-3-4-12(20)13(21)5-10/h3-5,8H,6-7H2,1-2H3,(H2,25,26,27,31). The summed E-state index contributed by atoms with van der Waals surface area (Å²) in [5, 5.41) is 10.7. The van der Waals surface area contributed by atoms with E-state index >= 15 is 0 Å². The summed E-state index contributed by atoms with van der Waals surface area (Å²) in [7, 11) is 1.32. The summed E-state index contributed by atoms with van der Waals surface area (Å²) in [4.78, 5) is 29.9. The molecule has 8 nitrogen and oxygen atoms in total. The molecule has 3 amide bonds. The second kappa shape index (κ2) is 9.98. The van der Waals surface area contributed by atoms with E-state index in [9.17, 15) is 22.8 Å². The van der Waals surface area contributed by atoms with Crippen molar-refractivity contribution in [2.24, 2.45) is 0 Å². The number of anilines is 1. The van der Waals surface area contributed by atoms with Crippen LogP contribution in [0.2, 0.25) is 10.0 Å². The van der Waals surface area contributed by atoms with Gasteiger partial charge in [-0.1, -0.05) is 34.4 Å². The molecule has 14 heteroatoms. The van der Waals surface area contributed by atoms with Crippen LogP contribution < -0.4 is 10.6 Å². The number of aryl methyl sites for hydroxylation is 1. The number of nitrogens with zero attached hydrogens (tertiary/aromatic N) is 3. The number of halogens is 5. The number of carbonyl (C=O) groups excluding carboxylic acids is 2. The fourth-order valence-electron chi connectivity index (χ4n) is 2.73. The molecular formula is C19H16Cl2F3N5O3S. The van der Waals surface area contributed by atoms with Crippen LogP contribution in [0.25, 0.3) is 0 Å². The number of nitrogens with one attached hydrogen (secondary N) is 2. The van der Waals surface area contributed by atoms with Crippen molar-refractivity contribution in [2.75, 3.05) is 12.4 Å². The first-order valence-corrected chi connectivity index (χ1v) is 10.8. The number of carbonyl (C=O) groups is 2. The third kappa shape index (κ3) is 6.15. The molecule has 2 aromatic heterocycles. The number of rotatable bonds is 6. The zero-order chi connectivity index (χ0) is 24.3. The van der Waals surface area contributed by atoms with E-state index in [0.29, 0.717) is 15.7 Å². The van der Waals surface area contributed by atoms with Gasteiger partial charge in [-0.25, -0.2) is 9.78 Å². The molecule has 3 rings (SSSR count). The molecule has 0 radical (unpaired) electrons. The maximum atomic E-state index is 13.1. The minimum absolute atomic E-state index is 0.0934. The quantitative estimate of drug-likeness (QED) is 0.454. The van der Waals surface area contributed by atoms with E-state index in [2.05, 4.69) is 25.3 Å². The van der Waals surface area contributed by atoms with Gasteiger partial charge in [0, 0.05) is 19.0 Å². The minimum Gasteiger partial charge on any atom is -0.360 e. The average Bonchev–Trinajstić information content (AvgIpc) is 3.34. The van der Waals surface area contributed by atoms with E-state index in [4.69, 9.17) is 23.2 Å². The highest BCUT2D eigenvalue weighted by molar-refractivity contribution is 7.13. The van der Waals surface area contributed by atoms with Crippen LogP contribution in [0.3, 0.4) is 0 Å². The molecule has 2 heterocycles. The van der Waals surface area contributed by atoms with E-state index < -0.39 is 29.4 Å². The molecule has 0 aliphatic carbocycles. The third-order valence-electron chi connectivity index (χ3n) is 4.30. The van der Waals surface area contributed by atoms with Gasteiger partial charge < -0.3 is 14.7 Å². The van der Waals surface area contributed by atoms with Crippen molar-refractivity contribution >= 4 is 51.6 Å². The molecule has 0 fully saturated rings. The normalized spacial score (nSPS) is 11.4. The van der Waals surface area contributed by atoms with Gasteiger partial charge in [-0.15, -0.1) is 11.3 Å². The maximum Gasteiger partial charge on any atom is 0.437 e. The van der Waals surface area contributed by atoms with Gasteiger partial charge in [0.1, 0.15) is 11.3 Å². The van der Waals surface area contributed by atoms with Crippen LogP contribution in [0, 0.1) is 6.92 Å². The Morgan fingerprint density at radius 3 is 2.64 bits per heavy atom. The van der Waals surface area contributed by atoms with E-state index in [1.54, 1.807) is 23.6 Å². The summed E-state index contributed by atoms with van der Waals surface area (Å²) in [6.45, 7) is 1.33. The summed E-state index contributed by atoms with van der Waals surface area (Å²) in [6.07, 6.45) is -4.83. The molecule has 176 valence electrons. The predicted molar refractivity (Wildman–Crippen MR) is 116 cm³/mol. The van der Waals surface area contributed by atoms with Crippen LogP contribution in [-0.2, 0) is 19.3 Å². The molecule has 0 aliphatic rings. The number of benzene rings is 1. The van der Waals surface area contributed by atoms with Crippen molar-refractivity contribution < 1.29 is 27.3 Å². The predicted octanol–water partition coefficient (Wildman–Crippen LogP) is 5.36. The van der Waals surface area contributed by atoms with Crippen LogP contribution in [0.1, 0.15) is 33.1 Å². The second-order valence-corrected chi connectivity index (χ2v) is 8.49. The topological polar surface area (TPSA) is 100 Å². The lowest BCUT2D eigenvalue weighted by Gasteiger charge is -2.16. The maximum absolute atomic E-state index is 13.1. The van der Waals surface area contributed by atoms with Crippen molar-refractivity contribution in [3.8, 4) is 0 Å². The van der Waals surface area contributed by atoms with Crippen LogP contribution in [0.4, 0.5) is 23.1 Å². The van der Waals surface area contributed by atoms with Gasteiger partial charge in [0.25, 0.3) is 5.91 Å². The summed E-state index contributed by atoms with van der Waals surface area (Å²) in [5.41, 5.74) is -0.920. The van der Waals surface area contributed by atoms with Gasteiger partial charge in [-0.3, -0.25) is 10.1 Å². The number of hydrogen-bond acceptors (Lipinski definition) is 6. The molecule has 0 aliphatic heterocycles. The molecule has 0 atom stereocenters. The lowest BCUT2D eigenvalue weighted by atomic mass is 10.1. The van der Waals surface area contributed by atoms with Gasteiger partial charge in [-0.2, -0.15) is 13.2 Å². The number of aromatic nitrogens is 2. The van der Waals surface area contributed by atoms with Gasteiger partial charge in [0.05, 0.1) is 22.3 Å². The Kier molecular flexibility index (Phi) is 7.50. The zero-order valence-electron chi connectivity index (χ0n) is 17.1. The molecule has 2 N–H and O–H groups in total. The first-order chi connectivity index (χ1) is 15.5. The van der Waals surface area contributed by atoms with Crippen molar-refractivity contribution in [3.63, 3.8) is 0 Å². The Morgan fingerprint density at radius 1 is 1.24 bits per heavy atom. The number of hydrogen-bond donors (Lipinski definition) is 2. The van der Waals surface area contributed by atoms with Gasteiger partial charge >= 0.3 is 12.2 Å². The van der Waals surface area contributed by atoms with Gasteiger partial charge in [0.15, 0.2) is 10.8 Å². The van der Waals surface area contributed by atoms with E-state index in [-0.39, 0.29) is 24.0 Å². The highest BCUT2D eigenvalue weighted by Crippen LogP contribution is 2.33. The lowest BCUT2D eigenvalue weighted by molar-refractivity contribution is -0.143. The van der Waals surface area contributed by atoms with Crippen molar-refractivity contribution in [1.29, 1.82) is 0 Å². The van der Waals surface area contributed by atoms with E-state index in [1.807, 2.05) is 0 Å². The fraction of sp³-hybridized carbons (Fsp3) is 0.263. The van der Waals surface area contributed by atoms with Crippen LogP contribution in [0.15, 0.2) is 28.1 Å².